The minimum absolute atomic E-state index is 0.0830. The zero-order chi connectivity index (χ0) is 19.7. The summed E-state index contributed by atoms with van der Waals surface area (Å²) in [4.78, 5) is 0.229. The van der Waals surface area contributed by atoms with Crippen molar-refractivity contribution in [1.82, 2.24) is 5.16 Å². The molecular formula is C16H13F3N2O4S2. The average molecular weight is 418 g/mol. The van der Waals surface area contributed by atoms with Crippen LogP contribution in [0.15, 0.2) is 51.2 Å². The summed E-state index contributed by atoms with van der Waals surface area (Å²) >= 11 is 0.774. The molecule has 0 fully saturated rings. The number of anilines is 1. The molecule has 2 aromatic heterocycles. The molecule has 0 bridgehead atoms. The van der Waals surface area contributed by atoms with Crippen LogP contribution in [0.25, 0.3) is 10.6 Å². The third kappa shape index (κ3) is 4.25. The quantitative estimate of drug-likeness (QED) is 0.632. The zero-order valence-corrected chi connectivity index (χ0v) is 15.4. The second-order valence-corrected chi connectivity index (χ2v) is 8.22. The number of thiophene rings is 1. The molecule has 0 aliphatic carbocycles. The fraction of sp³-hybridized carbons (Fsp3) is 0.188. The number of nitrogens with zero attached hydrogens (tertiary/aromatic N) is 1. The van der Waals surface area contributed by atoms with Crippen LogP contribution in [-0.2, 0) is 16.2 Å². The number of sulfonamides is 1. The van der Waals surface area contributed by atoms with E-state index in [9.17, 15) is 21.6 Å². The second-order valence-electron chi connectivity index (χ2n) is 5.23. The number of benzene rings is 1. The number of para-hydroxylation sites is 2. The lowest BCUT2D eigenvalue weighted by Gasteiger charge is -2.11. The molecule has 1 N–H and O–H groups in total. The van der Waals surface area contributed by atoms with Crippen LogP contribution in [0, 0.1) is 0 Å². The van der Waals surface area contributed by atoms with Gasteiger partial charge in [0.2, 0.25) is 5.76 Å². The Bertz CT molecular complexity index is 1040. The van der Waals surface area contributed by atoms with E-state index < -0.39 is 22.0 Å². The lowest BCUT2D eigenvalue weighted by molar-refractivity contribution is -0.155. The van der Waals surface area contributed by atoms with E-state index >= 15 is 0 Å². The molecule has 0 aliphatic rings. The first-order valence-corrected chi connectivity index (χ1v) is 9.89. The van der Waals surface area contributed by atoms with E-state index in [2.05, 4.69) is 14.4 Å². The minimum atomic E-state index is -4.66. The third-order valence-electron chi connectivity index (χ3n) is 3.32. The van der Waals surface area contributed by atoms with Crippen LogP contribution >= 0.6 is 11.3 Å². The molecule has 0 aliphatic heterocycles. The van der Waals surface area contributed by atoms with Crippen molar-refractivity contribution >= 4 is 27.0 Å². The van der Waals surface area contributed by atoms with Gasteiger partial charge in [-0.3, -0.25) is 4.72 Å². The molecule has 0 amide bonds. The Morgan fingerprint density at radius 3 is 2.63 bits per heavy atom. The van der Waals surface area contributed by atoms with Crippen molar-refractivity contribution in [1.29, 1.82) is 0 Å². The summed E-state index contributed by atoms with van der Waals surface area (Å²) in [6.45, 7) is 2.12. The van der Waals surface area contributed by atoms with Crippen molar-refractivity contribution in [2.24, 2.45) is 0 Å². The summed E-state index contributed by atoms with van der Waals surface area (Å²) in [7, 11) is -3.96. The van der Waals surface area contributed by atoms with E-state index in [0.717, 1.165) is 17.4 Å². The maximum absolute atomic E-state index is 12.6. The standard InChI is InChI=1S/C16H13F3N2O4S2/c1-2-24-12-6-4-3-5-10(12)21-27(22,23)15-8-7-13(26-15)11-9-14(25-20-11)16(17,18)19/h3-9,21H,2H2,1H3. The molecule has 1 aromatic carbocycles. The predicted molar refractivity (Wildman–Crippen MR) is 93.2 cm³/mol. The number of nitrogens with one attached hydrogen (secondary N) is 1. The molecule has 2 heterocycles. The Balaban J connectivity index is 1.86. The monoisotopic (exact) mass is 418 g/mol. The van der Waals surface area contributed by atoms with Gasteiger partial charge in [-0.2, -0.15) is 13.2 Å². The van der Waals surface area contributed by atoms with Gasteiger partial charge in [0.1, 0.15) is 15.7 Å². The molecule has 0 unspecified atom stereocenters. The third-order valence-corrected chi connectivity index (χ3v) is 6.28. The number of halogens is 3. The van der Waals surface area contributed by atoms with E-state index in [-0.39, 0.29) is 20.5 Å². The maximum atomic E-state index is 12.6. The van der Waals surface area contributed by atoms with Crippen LogP contribution in [0.3, 0.4) is 0 Å². The molecular weight excluding hydrogens is 405 g/mol. The van der Waals surface area contributed by atoms with Crippen LogP contribution in [-0.4, -0.2) is 20.2 Å². The molecule has 0 spiro atoms. The summed E-state index contributed by atoms with van der Waals surface area (Å²) < 4.78 is 75.0. The molecule has 27 heavy (non-hydrogen) atoms. The van der Waals surface area contributed by atoms with Gasteiger partial charge in [-0.1, -0.05) is 17.3 Å². The van der Waals surface area contributed by atoms with Gasteiger partial charge in [0.05, 0.1) is 17.2 Å². The second kappa shape index (κ2) is 7.24. The van der Waals surface area contributed by atoms with E-state index in [1.807, 2.05) is 0 Å². The normalized spacial score (nSPS) is 12.1. The van der Waals surface area contributed by atoms with Gasteiger partial charge in [0, 0.05) is 6.07 Å². The highest BCUT2D eigenvalue weighted by Gasteiger charge is 2.36. The number of hydrogen-bond acceptors (Lipinski definition) is 6. The van der Waals surface area contributed by atoms with Crippen LogP contribution in [0.4, 0.5) is 18.9 Å². The lowest BCUT2D eigenvalue weighted by Crippen LogP contribution is -2.12. The van der Waals surface area contributed by atoms with Crippen molar-refractivity contribution in [3.8, 4) is 16.3 Å². The van der Waals surface area contributed by atoms with Gasteiger partial charge in [-0.15, -0.1) is 11.3 Å². The Morgan fingerprint density at radius 1 is 1.22 bits per heavy atom. The Kier molecular flexibility index (Phi) is 5.16. The number of rotatable bonds is 6. The summed E-state index contributed by atoms with van der Waals surface area (Å²) in [6, 6.07) is 9.89. The molecule has 11 heteroatoms. The Hall–Kier alpha value is -2.53. The first-order chi connectivity index (χ1) is 12.7. The lowest BCUT2D eigenvalue weighted by atomic mass is 10.3. The van der Waals surface area contributed by atoms with Crippen molar-refractivity contribution in [2.75, 3.05) is 11.3 Å². The molecule has 0 saturated heterocycles. The first kappa shape index (κ1) is 19.2. The first-order valence-electron chi connectivity index (χ1n) is 7.59. The smallest absolute Gasteiger partial charge is 0.452 e. The Morgan fingerprint density at radius 2 is 1.96 bits per heavy atom. The van der Waals surface area contributed by atoms with Gasteiger partial charge in [-0.25, -0.2) is 8.42 Å². The van der Waals surface area contributed by atoms with Gasteiger partial charge in [0.15, 0.2) is 0 Å². The maximum Gasteiger partial charge on any atom is 0.452 e. The topological polar surface area (TPSA) is 81.4 Å². The van der Waals surface area contributed by atoms with E-state index in [0.29, 0.717) is 12.4 Å². The largest absolute Gasteiger partial charge is 0.492 e. The fourth-order valence-corrected chi connectivity index (χ4v) is 4.48. The van der Waals surface area contributed by atoms with Crippen molar-refractivity contribution in [2.45, 2.75) is 17.3 Å². The van der Waals surface area contributed by atoms with Crippen molar-refractivity contribution in [3.05, 3.63) is 48.2 Å². The molecule has 3 rings (SSSR count). The highest BCUT2D eigenvalue weighted by Crippen LogP contribution is 2.36. The highest BCUT2D eigenvalue weighted by molar-refractivity contribution is 7.94. The molecule has 6 nitrogen and oxygen atoms in total. The van der Waals surface area contributed by atoms with Crippen LogP contribution in [0.5, 0.6) is 5.75 Å². The van der Waals surface area contributed by atoms with Gasteiger partial charge >= 0.3 is 6.18 Å². The Labute approximate surface area is 156 Å². The van der Waals surface area contributed by atoms with E-state index in [1.54, 1.807) is 31.2 Å². The minimum Gasteiger partial charge on any atom is -0.492 e. The van der Waals surface area contributed by atoms with Crippen LogP contribution < -0.4 is 9.46 Å². The highest BCUT2D eigenvalue weighted by atomic mass is 32.2. The van der Waals surface area contributed by atoms with Crippen LogP contribution in [0.1, 0.15) is 12.7 Å². The fourth-order valence-electron chi connectivity index (χ4n) is 2.15. The summed E-state index contributed by atoms with van der Waals surface area (Å²) in [5.74, 6) is -0.884. The molecule has 3 aromatic rings. The van der Waals surface area contributed by atoms with E-state index in [4.69, 9.17) is 4.74 Å². The summed E-state index contributed by atoms with van der Waals surface area (Å²) in [5.41, 5.74) is 0.165. The molecule has 0 saturated carbocycles. The predicted octanol–water partition coefficient (Wildman–Crippen LogP) is 4.62. The summed E-state index contributed by atoms with van der Waals surface area (Å²) in [6.07, 6.45) is -4.66. The number of ether oxygens (including phenoxy) is 1. The molecule has 144 valence electrons. The van der Waals surface area contributed by atoms with E-state index in [1.165, 1.54) is 12.1 Å². The van der Waals surface area contributed by atoms with Gasteiger partial charge < -0.3 is 9.26 Å². The number of aromatic nitrogens is 1. The molecule has 0 atom stereocenters. The zero-order valence-electron chi connectivity index (χ0n) is 13.8. The SMILES string of the molecule is CCOc1ccccc1NS(=O)(=O)c1ccc(-c2cc(C(F)(F)F)on2)s1. The van der Waals surface area contributed by atoms with Crippen molar-refractivity contribution in [3.63, 3.8) is 0 Å². The molecule has 0 radical (unpaired) electrons. The summed E-state index contributed by atoms with van der Waals surface area (Å²) in [5, 5.41) is 3.35. The average Bonchev–Trinajstić information content (AvgIpc) is 3.25. The number of alkyl halides is 3. The van der Waals surface area contributed by atoms with Crippen LogP contribution in [0.2, 0.25) is 0 Å². The van der Waals surface area contributed by atoms with Gasteiger partial charge in [0.25, 0.3) is 10.0 Å². The van der Waals surface area contributed by atoms with Crippen molar-refractivity contribution < 1.29 is 30.8 Å². The van der Waals surface area contributed by atoms with Gasteiger partial charge in [-0.05, 0) is 31.2 Å². The number of hydrogen-bond donors (Lipinski definition) is 1.